The lowest BCUT2D eigenvalue weighted by Gasteiger charge is -2.09. The first-order valence-corrected chi connectivity index (χ1v) is 8.47. The molecule has 0 bridgehead atoms. The van der Waals surface area contributed by atoms with Crippen molar-refractivity contribution >= 4 is 27.7 Å². The summed E-state index contributed by atoms with van der Waals surface area (Å²) in [6.07, 6.45) is 5.15. The zero-order valence-corrected chi connectivity index (χ0v) is 15.1. The largest absolute Gasteiger partial charge is 0.484 e. The molecule has 0 aliphatic heterocycles. The van der Waals surface area contributed by atoms with Gasteiger partial charge in [0, 0.05) is 28.1 Å². The fraction of sp³-hybridized carbons (Fsp3) is 0.0556. The van der Waals surface area contributed by atoms with Crippen molar-refractivity contribution in [2.45, 2.75) is 0 Å². The first kappa shape index (κ1) is 17.7. The van der Waals surface area contributed by atoms with Gasteiger partial charge in [-0.15, -0.1) is 0 Å². The first-order valence-electron chi connectivity index (χ1n) is 7.68. The number of hydrogen-bond acceptors (Lipinski definition) is 4. The Morgan fingerprint density at radius 1 is 1.04 bits per heavy atom. The summed E-state index contributed by atoms with van der Waals surface area (Å²) in [5.74, 6) is -0.319. The predicted octanol–water partition coefficient (Wildman–Crippen LogP) is 2.47. The molecule has 7 nitrogen and oxygen atoms in total. The molecule has 0 saturated carbocycles. The highest BCUT2D eigenvalue weighted by molar-refractivity contribution is 9.10. The summed E-state index contributed by atoms with van der Waals surface area (Å²) in [6, 6.07) is 14.0. The van der Waals surface area contributed by atoms with Crippen molar-refractivity contribution in [3.63, 3.8) is 0 Å². The van der Waals surface area contributed by atoms with Crippen LogP contribution < -0.4 is 15.6 Å². The molecule has 0 spiro atoms. The van der Waals surface area contributed by atoms with Crippen LogP contribution in [0.3, 0.4) is 0 Å². The second-order valence-corrected chi connectivity index (χ2v) is 6.18. The molecule has 26 heavy (non-hydrogen) atoms. The maximum atomic E-state index is 12.1. The van der Waals surface area contributed by atoms with Crippen molar-refractivity contribution in [3.8, 4) is 11.4 Å². The fourth-order valence-corrected chi connectivity index (χ4v) is 2.38. The highest BCUT2D eigenvalue weighted by Gasteiger charge is 2.08. The maximum Gasteiger partial charge on any atom is 0.276 e. The van der Waals surface area contributed by atoms with Crippen LogP contribution in [0.2, 0.25) is 0 Å². The normalized spacial score (nSPS) is 10.2. The van der Waals surface area contributed by atoms with Crippen LogP contribution in [-0.4, -0.2) is 28.0 Å². The molecule has 0 saturated heterocycles. The number of carbonyl (C=O) groups excluding carboxylic acids is 2. The molecule has 1 aromatic heterocycles. The van der Waals surface area contributed by atoms with Gasteiger partial charge in [-0.1, -0.05) is 15.9 Å². The van der Waals surface area contributed by atoms with Gasteiger partial charge in [0.15, 0.2) is 6.61 Å². The molecule has 0 atom stereocenters. The molecule has 0 fully saturated rings. The van der Waals surface area contributed by atoms with E-state index in [1.165, 1.54) is 0 Å². The Labute approximate surface area is 158 Å². The second-order valence-electron chi connectivity index (χ2n) is 5.26. The molecule has 2 amide bonds. The van der Waals surface area contributed by atoms with Gasteiger partial charge in [-0.05, 0) is 48.5 Å². The number of amides is 2. The van der Waals surface area contributed by atoms with Gasteiger partial charge < -0.3 is 9.30 Å². The number of benzene rings is 2. The molecule has 2 aromatic carbocycles. The Bertz CT molecular complexity index is 878. The Hall–Kier alpha value is -3.13. The summed E-state index contributed by atoms with van der Waals surface area (Å²) >= 11 is 3.32. The zero-order valence-electron chi connectivity index (χ0n) is 13.6. The van der Waals surface area contributed by atoms with Crippen LogP contribution in [0.5, 0.6) is 5.75 Å². The average molecular weight is 415 g/mol. The van der Waals surface area contributed by atoms with Crippen LogP contribution in [0.25, 0.3) is 5.69 Å². The van der Waals surface area contributed by atoms with E-state index in [9.17, 15) is 9.59 Å². The molecule has 0 radical (unpaired) electrons. The standard InChI is InChI=1S/C18H15BrN4O3/c19-14-3-7-16(8-4-14)26-11-17(24)21-22-18(25)13-1-5-15(6-2-13)23-10-9-20-12-23/h1-10,12H,11H2,(H,21,24)(H,22,25). The third-order valence-corrected chi connectivity index (χ3v) is 3.96. The van der Waals surface area contributed by atoms with Crippen molar-refractivity contribution in [2.24, 2.45) is 0 Å². The van der Waals surface area contributed by atoms with Crippen LogP contribution in [0, 0.1) is 0 Å². The zero-order chi connectivity index (χ0) is 18.4. The topological polar surface area (TPSA) is 85.3 Å². The summed E-state index contributed by atoms with van der Waals surface area (Å²) < 4.78 is 8.06. The smallest absolute Gasteiger partial charge is 0.276 e. The van der Waals surface area contributed by atoms with Crippen LogP contribution in [0.1, 0.15) is 10.4 Å². The van der Waals surface area contributed by atoms with Gasteiger partial charge in [-0.3, -0.25) is 20.4 Å². The van der Waals surface area contributed by atoms with Gasteiger partial charge in [0.25, 0.3) is 11.8 Å². The van der Waals surface area contributed by atoms with E-state index in [1.807, 2.05) is 16.7 Å². The van der Waals surface area contributed by atoms with Crippen molar-refractivity contribution in [1.29, 1.82) is 0 Å². The summed E-state index contributed by atoms with van der Waals surface area (Å²) in [4.78, 5) is 27.8. The van der Waals surface area contributed by atoms with Gasteiger partial charge in [-0.25, -0.2) is 4.98 Å². The lowest BCUT2D eigenvalue weighted by Crippen LogP contribution is -2.43. The van der Waals surface area contributed by atoms with Crippen LogP contribution in [0.4, 0.5) is 0 Å². The van der Waals surface area contributed by atoms with Crippen LogP contribution >= 0.6 is 15.9 Å². The Kier molecular flexibility index (Phi) is 5.65. The number of hydrogen-bond donors (Lipinski definition) is 2. The van der Waals surface area contributed by atoms with E-state index >= 15 is 0 Å². The van der Waals surface area contributed by atoms with Crippen molar-refractivity contribution in [3.05, 3.63) is 77.3 Å². The number of rotatable bonds is 5. The van der Waals surface area contributed by atoms with E-state index in [1.54, 1.807) is 55.1 Å². The van der Waals surface area contributed by atoms with E-state index in [0.717, 1.165) is 10.2 Å². The maximum absolute atomic E-state index is 12.1. The van der Waals surface area contributed by atoms with Gasteiger partial charge in [0.05, 0.1) is 6.33 Å². The van der Waals surface area contributed by atoms with Crippen molar-refractivity contribution in [1.82, 2.24) is 20.4 Å². The minimum absolute atomic E-state index is 0.207. The molecule has 1 heterocycles. The minimum atomic E-state index is -0.462. The SMILES string of the molecule is O=C(COc1ccc(Br)cc1)NNC(=O)c1ccc(-n2ccnc2)cc1. The van der Waals surface area contributed by atoms with Gasteiger partial charge >= 0.3 is 0 Å². The number of halogens is 1. The van der Waals surface area contributed by atoms with Crippen molar-refractivity contribution < 1.29 is 14.3 Å². The van der Waals surface area contributed by atoms with Crippen LogP contribution in [0.15, 0.2) is 71.7 Å². The highest BCUT2D eigenvalue weighted by Crippen LogP contribution is 2.15. The number of imidazole rings is 1. The molecule has 132 valence electrons. The number of aromatic nitrogens is 2. The van der Waals surface area contributed by atoms with Gasteiger partial charge in [0.1, 0.15) is 5.75 Å². The number of nitrogens with one attached hydrogen (secondary N) is 2. The Balaban J connectivity index is 1.47. The third kappa shape index (κ3) is 4.70. The molecule has 3 rings (SSSR count). The number of hydrazine groups is 1. The van der Waals surface area contributed by atoms with Crippen LogP contribution in [-0.2, 0) is 4.79 Å². The van der Waals surface area contributed by atoms with E-state index < -0.39 is 11.8 Å². The summed E-state index contributed by atoms with van der Waals surface area (Å²) in [5, 5.41) is 0. The minimum Gasteiger partial charge on any atom is -0.484 e. The molecular weight excluding hydrogens is 400 g/mol. The third-order valence-electron chi connectivity index (χ3n) is 3.43. The Morgan fingerprint density at radius 3 is 2.42 bits per heavy atom. The number of ether oxygens (including phenoxy) is 1. The summed E-state index contributed by atoms with van der Waals surface area (Å²) in [7, 11) is 0. The lowest BCUT2D eigenvalue weighted by molar-refractivity contribution is -0.123. The molecule has 0 aliphatic carbocycles. The molecule has 0 aliphatic rings. The Morgan fingerprint density at radius 2 is 1.77 bits per heavy atom. The van der Waals surface area contributed by atoms with E-state index in [2.05, 4.69) is 31.8 Å². The predicted molar refractivity (Wildman–Crippen MR) is 98.8 cm³/mol. The molecule has 2 N–H and O–H groups in total. The molecular formula is C18H15BrN4O3. The second kappa shape index (κ2) is 8.30. The summed E-state index contributed by atoms with van der Waals surface area (Å²) in [5.41, 5.74) is 5.97. The molecule has 8 heteroatoms. The van der Waals surface area contributed by atoms with Gasteiger partial charge in [0.2, 0.25) is 0 Å². The van der Waals surface area contributed by atoms with E-state index in [4.69, 9.17) is 4.74 Å². The molecule has 3 aromatic rings. The quantitative estimate of drug-likeness (QED) is 0.628. The monoisotopic (exact) mass is 414 g/mol. The van der Waals surface area contributed by atoms with Crippen molar-refractivity contribution in [2.75, 3.05) is 6.61 Å². The van der Waals surface area contributed by atoms with E-state index in [-0.39, 0.29) is 6.61 Å². The average Bonchev–Trinajstić information content (AvgIpc) is 3.20. The first-order chi connectivity index (χ1) is 12.6. The lowest BCUT2D eigenvalue weighted by atomic mass is 10.2. The fourth-order valence-electron chi connectivity index (χ4n) is 2.11. The number of nitrogens with zero attached hydrogens (tertiary/aromatic N) is 2. The van der Waals surface area contributed by atoms with Gasteiger partial charge in [-0.2, -0.15) is 0 Å². The number of carbonyl (C=O) groups is 2. The molecule has 0 unspecified atom stereocenters. The van der Waals surface area contributed by atoms with E-state index in [0.29, 0.717) is 11.3 Å². The highest BCUT2D eigenvalue weighted by atomic mass is 79.9. The summed E-state index contributed by atoms with van der Waals surface area (Å²) in [6.45, 7) is -0.207.